The van der Waals surface area contributed by atoms with Crippen molar-refractivity contribution in [2.24, 2.45) is 0 Å². The van der Waals surface area contributed by atoms with Crippen molar-refractivity contribution in [3.63, 3.8) is 0 Å². The summed E-state index contributed by atoms with van der Waals surface area (Å²) in [5, 5.41) is 0. The third-order valence-corrected chi connectivity index (χ3v) is 3.94. The normalized spacial score (nSPS) is 36.9. The van der Waals surface area contributed by atoms with Crippen molar-refractivity contribution in [1.29, 1.82) is 0 Å². The Balaban J connectivity index is 2.25. The summed E-state index contributed by atoms with van der Waals surface area (Å²) in [6.45, 7) is 8.26. The lowest BCUT2D eigenvalue weighted by atomic mass is 9.89. The number of ketones is 1. The van der Waals surface area contributed by atoms with Gasteiger partial charge >= 0.3 is 0 Å². The van der Waals surface area contributed by atoms with Gasteiger partial charge in [0, 0.05) is 6.42 Å². The van der Waals surface area contributed by atoms with Crippen molar-refractivity contribution in [3.8, 4) is 0 Å². The fourth-order valence-corrected chi connectivity index (χ4v) is 2.57. The Morgan fingerprint density at radius 2 is 2.18 bits per heavy atom. The molecule has 1 fully saturated rings. The monoisotopic (exact) mass is 234 g/mol. The highest BCUT2D eigenvalue weighted by molar-refractivity contribution is 5.97. The minimum atomic E-state index is -0.185. The minimum Gasteiger partial charge on any atom is -0.366 e. The zero-order chi connectivity index (χ0) is 12.6. The second-order valence-electron chi connectivity index (χ2n) is 5.79. The number of epoxide rings is 1. The van der Waals surface area contributed by atoms with Crippen LogP contribution in [0, 0.1) is 0 Å². The molecule has 0 amide bonds. The topological polar surface area (TPSA) is 29.6 Å². The van der Waals surface area contributed by atoms with Gasteiger partial charge in [0.25, 0.3) is 0 Å². The van der Waals surface area contributed by atoms with Gasteiger partial charge < -0.3 is 4.74 Å². The zero-order valence-electron chi connectivity index (χ0n) is 11.3. The molecule has 2 heteroatoms. The van der Waals surface area contributed by atoms with Crippen molar-refractivity contribution in [2.75, 3.05) is 0 Å². The second kappa shape index (κ2) is 4.41. The molecule has 2 unspecified atom stereocenters. The fraction of sp³-hybridized carbons (Fsp3) is 0.667. The number of Topliss-reactive ketones (excluding diaryl/α,β-unsaturated/α-hetero) is 1. The van der Waals surface area contributed by atoms with E-state index in [1.807, 2.05) is 13.8 Å². The Hall–Kier alpha value is -0.890. The van der Waals surface area contributed by atoms with Gasteiger partial charge in [0.1, 0.15) is 0 Å². The van der Waals surface area contributed by atoms with Gasteiger partial charge in [0.05, 0.1) is 11.7 Å². The third-order valence-electron chi connectivity index (χ3n) is 3.94. The van der Waals surface area contributed by atoms with Crippen molar-refractivity contribution in [2.45, 2.75) is 65.1 Å². The number of carbonyl (C=O) groups excluding carboxylic acids is 1. The van der Waals surface area contributed by atoms with E-state index >= 15 is 0 Å². The molecule has 0 saturated carbocycles. The number of ether oxygens (including phenoxy) is 1. The summed E-state index contributed by atoms with van der Waals surface area (Å²) in [6, 6.07) is 0. The number of allylic oxidation sites excluding steroid dienone is 4. The number of fused-ring (bicyclic) bond motifs is 1. The van der Waals surface area contributed by atoms with Crippen LogP contribution >= 0.6 is 0 Å². The largest absolute Gasteiger partial charge is 0.366 e. The standard InChI is InChI=1S/C15H22O2/c1-10(2)12-7-5-11(3)6-8-14-15(4,17-14)9-13(12)16/h5,14H,6-9H2,1-4H3/b11-5+. The molecule has 0 aromatic carbocycles. The molecule has 0 spiro atoms. The van der Waals surface area contributed by atoms with E-state index < -0.39 is 0 Å². The van der Waals surface area contributed by atoms with Crippen LogP contribution < -0.4 is 0 Å². The smallest absolute Gasteiger partial charge is 0.162 e. The van der Waals surface area contributed by atoms with E-state index in [-0.39, 0.29) is 17.5 Å². The van der Waals surface area contributed by atoms with E-state index in [0.29, 0.717) is 6.42 Å². The maximum atomic E-state index is 12.3. The van der Waals surface area contributed by atoms with Crippen LogP contribution in [0.4, 0.5) is 0 Å². The van der Waals surface area contributed by atoms with Crippen LogP contribution in [0.1, 0.15) is 53.4 Å². The Labute approximate surface area is 104 Å². The summed E-state index contributed by atoms with van der Waals surface area (Å²) in [5.41, 5.74) is 3.30. The fourth-order valence-electron chi connectivity index (χ4n) is 2.57. The Morgan fingerprint density at radius 1 is 1.47 bits per heavy atom. The van der Waals surface area contributed by atoms with Gasteiger partial charge in [0.2, 0.25) is 0 Å². The molecule has 1 aliphatic heterocycles. The Bertz CT molecular complexity index is 399. The predicted molar refractivity (Wildman–Crippen MR) is 68.9 cm³/mol. The van der Waals surface area contributed by atoms with Crippen LogP contribution in [0.3, 0.4) is 0 Å². The lowest BCUT2D eigenvalue weighted by molar-refractivity contribution is -0.116. The molecule has 2 nitrogen and oxygen atoms in total. The zero-order valence-corrected chi connectivity index (χ0v) is 11.3. The number of carbonyl (C=O) groups is 1. The third kappa shape index (κ3) is 2.68. The van der Waals surface area contributed by atoms with Crippen LogP contribution in [-0.4, -0.2) is 17.5 Å². The number of hydrogen-bond donors (Lipinski definition) is 0. The highest BCUT2D eigenvalue weighted by Crippen LogP contribution is 2.44. The Morgan fingerprint density at radius 3 is 2.82 bits per heavy atom. The first-order chi connectivity index (χ1) is 7.92. The van der Waals surface area contributed by atoms with Gasteiger partial charge in [-0.15, -0.1) is 0 Å². The average molecular weight is 234 g/mol. The first kappa shape index (κ1) is 12.6. The Kier molecular flexibility index (Phi) is 3.26. The molecule has 0 aromatic heterocycles. The summed E-state index contributed by atoms with van der Waals surface area (Å²) < 4.78 is 5.71. The molecule has 0 N–H and O–H groups in total. The van der Waals surface area contributed by atoms with Crippen molar-refractivity contribution < 1.29 is 9.53 Å². The van der Waals surface area contributed by atoms with Gasteiger partial charge in [0.15, 0.2) is 5.78 Å². The quantitative estimate of drug-likeness (QED) is 0.364. The van der Waals surface area contributed by atoms with E-state index in [1.54, 1.807) is 0 Å². The van der Waals surface area contributed by atoms with Gasteiger partial charge in [-0.1, -0.05) is 17.2 Å². The lowest BCUT2D eigenvalue weighted by Gasteiger charge is -2.12. The van der Waals surface area contributed by atoms with Gasteiger partial charge in [-0.25, -0.2) is 0 Å². The van der Waals surface area contributed by atoms with Crippen LogP contribution in [0.5, 0.6) is 0 Å². The molecule has 0 radical (unpaired) electrons. The molecular formula is C15H22O2. The summed E-state index contributed by atoms with van der Waals surface area (Å²) in [5.74, 6) is 0.265. The average Bonchev–Trinajstić information content (AvgIpc) is 2.85. The van der Waals surface area contributed by atoms with Crippen LogP contribution in [0.2, 0.25) is 0 Å². The van der Waals surface area contributed by atoms with Crippen molar-refractivity contribution in [3.05, 3.63) is 22.8 Å². The predicted octanol–water partition coefficient (Wildman–Crippen LogP) is 3.57. The number of rotatable bonds is 0. The molecule has 2 atom stereocenters. The van der Waals surface area contributed by atoms with E-state index in [0.717, 1.165) is 30.4 Å². The summed E-state index contributed by atoms with van der Waals surface area (Å²) >= 11 is 0. The SMILES string of the molecule is CC(C)=C1C/C=C(\C)CCC2OC2(C)CC1=O. The van der Waals surface area contributed by atoms with Gasteiger partial charge in [-0.05, 0) is 52.5 Å². The molecule has 0 aromatic rings. The molecule has 1 saturated heterocycles. The molecule has 2 rings (SSSR count). The first-order valence-corrected chi connectivity index (χ1v) is 6.45. The van der Waals surface area contributed by atoms with E-state index in [4.69, 9.17) is 4.74 Å². The molecule has 17 heavy (non-hydrogen) atoms. The highest BCUT2D eigenvalue weighted by atomic mass is 16.6. The second-order valence-corrected chi connectivity index (χ2v) is 5.79. The van der Waals surface area contributed by atoms with Crippen LogP contribution in [0.15, 0.2) is 22.8 Å². The number of hydrogen-bond acceptors (Lipinski definition) is 2. The molecular weight excluding hydrogens is 212 g/mol. The summed E-state index contributed by atoms with van der Waals surface area (Å²) in [4.78, 5) is 12.3. The highest BCUT2D eigenvalue weighted by Gasteiger charge is 2.52. The molecule has 94 valence electrons. The molecule has 1 heterocycles. The first-order valence-electron chi connectivity index (χ1n) is 6.45. The lowest BCUT2D eigenvalue weighted by Crippen LogP contribution is -2.19. The maximum absolute atomic E-state index is 12.3. The van der Waals surface area contributed by atoms with Gasteiger partial charge in [-0.2, -0.15) is 0 Å². The van der Waals surface area contributed by atoms with Crippen LogP contribution in [0.25, 0.3) is 0 Å². The summed E-state index contributed by atoms with van der Waals surface area (Å²) in [6.07, 6.45) is 5.96. The van der Waals surface area contributed by atoms with E-state index in [2.05, 4.69) is 19.9 Å². The maximum Gasteiger partial charge on any atom is 0.162 e. The summed E-state index contributed by atoms with van der Waals surface area (Å²) in [7, 11) is 0. The van der Waals surface area contributed by atoms with Crippen molar-refractivity contribution in [1.82, 2.24) is 0 Å². The molecule has 2 aliphatic rings. The van der Waals surface area contributed by atoms with E-state index in [9.17, 15) is 4.79 Å². The van der Waals surface area contributed by atoms with Crippen LogP contribution in [-0.2, 0) is 9.53 Å². The molecule has 0 bridgehead atoms. The van der Waals surface area contributed by atoms with Crippen molar-refractivity contribution >= 4 is 5.78 Å². The minimum absolute atomic E-state index is 0.185. The van der Waals surface area contributed by atoms with E-state index in [1.165, 1.54) is 5.57 Å². The molecule has 1 aliphatic carbocycles. The van der Waals surface area contributed by atoms with Gasteiger partial charge in [-0.3, -0.25) is 4.79 Å².